The molecule has 0 aliphatic carbocycles. The normalized spacial score (nSPS) is 16.9. The van der Waals surface area contributed by atoms with E-state index in [0.717, 1.165) is 5.70 Å². The number of benzene rings is 2. The Morgan fingerprint density at radius 1 is 1.14 bits per heavy atom. The molecule has 3 aromatic rings. The molecule has 0 saturated heterocycles. The van der Waals surface area contributed by atoms with Crippen molar-refractivity contribution in [1.82, 2.24) is 20.4 Å². The lowest BCUT2D eigenvalue weighted by atomic mass is 9.94. The second kappa shape index (κ2) is 7.71. The van der Waals surface area contributed by atoms with Crippen LogP contribution < -0.4 is 5.32 Å². The van der Waals surface area contributed by atoms with Crippen LogP contribution >= 0.6 is 12.2 Å². The van der Waals surface area contributed by atoms with E-state index in [9.17, 15) is 8.78 Å². The van der Waals surface area contributed by atoms with Gasteiger partial charge in [-0.2, -0.15) is 4.98 Å². The van der Waals surface area contributed by atoms with E-state index in [1.807, 2.05) is 24.8 Å². The maximum atomic E-state index is 13.9. The highest BCUT2D eigenvalue weighted by Gasteiger charge is 2.33. The SMILES string of the molecule is CCN1C(=S)NC(c2cccc(F)c2)C(c2nc(-c3ccc(F)cc3)no2)=C1C. The minimum Gasteiger partial charge on any atom is -0.351 e. The first-order chi connectivity index (χ1) is 14.0. The van der Waals surface area contributed by atoms with Crippen LogP contribution in [0.2, 0.25) is 0 Å². The van der Waals surface area contributed by atoms with Crippen molar-refractivity contribution >= 4 is 22.9 Å². The number of thiocarbonyl (C=S) groups is 1. The molecule has 8 heteroatoms. The molecule has 1 aromatic heterocycles. The highest BCUT2D eigenvalue weighted by molar-refractivity contribution is 7.80. The Balaban J connectivity index is 1.81. The molecular formula is C21H18F2N4OS. The molecule has 1 N–H and O–H groups in total. The third-order valence-corrected chi connectivity index (χ3v) is 5.19. The van der Waals surface area contributed by atoms with Gasteiger partial charge in [0, 0.05) is 17.8 Å². The Labute approximate surface area is 172 Å². The molecule has 1 atom stereocenters. The molecule has 148 valence electrons. The van der Waals surface area contributed by atoms with Crippen molar-refractivity contribution in [2.24, 2.45) is 0 Å². The van der Waals surface area contributed by atoms with E-state index in [1.54, 1.807) is 18.2 Å². The van der Waals surface area contributed by atoms with Crippen molar-refractivity contribution in [1.29, 1.82) is 0 Å². The zero-order valence-electron chi connectivity index (χ0n) is 15.8. The van der Waals surface area contributed by atoms with Gasteiger partial charge < -0.3 is 14.7 Å². The molecule has 0 bridgehead atoms. The summed E-state index contributed by atoms with van der Waals surface area (Å²) in [6.45, 7) is 4.55. The fourth-order valence-electron chi connectivity index (χ4n) is 3.42. The number of aromatic nitrogens is 2. The van der Waals surface area contributed by atoms with Crippen molar-refractivity contribution < 1.29 is 13.3 Å². The van der Waals surface area contributed by atoms with Crippen LogP contribution in [0.15, 0.2) is 58.8 Å². The first kappa shape index (κ1) is 19.2. The molecule has 4 rings (SSSR count). The van der Waals surface area contributed by atoms with Gasteiger partial charge in [0.25, 0.3) is 5.89 Å². The molecule has 2 heterocycles. The molecular weight excluding hydrogens is 394 g/mol. The maximum Gasteiger partial charge on any atom is 0.258 e. The van der Waals surface area contributed by atoms with Crippen molar-refractivity contribution in [2.75, 3.05) is 6.54 Å². The largest absolute Gasteiger partial charge is 0.351 e. The molecule has 0 amide bonds. The summed E-state index contributed by atoms with van der Waals surface area (Å²) in [6, 6.07) is 11.7. The number of halogens is 2. The second-order valence-corrected chi connectivity index (χ2v) is 7.00. The van der Waals surface area contributed by atoms with Gasteiger partial charge >= 0.3 is 0 Å². The Bertz CT molecular complexity index is 1090. The van der Waals surface area contributed by atoms with Crippen molar-refractivity contribution in [3.05, 3.63) is 77.3 Å². The fraction of sp³-hybridized carbons (Fsp3) is 0.190. The highest BCUT2D eigenvalue weighted by atomic mass is 32.1. The quantitative estimate of drug-likeness (QED) is 0.627. The van der Waals surface area contributed by atoms with Gasteiger partial charge in [0.15, 0.2) is 5.11 Å². The van der Waals surface area contributed by atoms with E-state index in [2.05, 4.69) is 15.5 Å². The van der Waals surface area contributed by atoms with Crippen LogP contribution in [-0.2, 0) is 0 Å². The Morgan fingerprint density at radius 2 is 1.90 bits per heavy atom. The molecule has 0 fully saturated rings. The molecule has 2 aromatic carbocycles. The average Bonchev–Trinajstić information content (AvgIpc) is 3.18. The van der Waals surface area contributed by atoms with E-state index in [1.165, 1.54) is 24.3 Å². The molecule has 0 radical (unpaired) electrons. The van der Waals surface area contributed by atoms with Crippen LogP contribution in [0, 0.1) is 11.6 Å². The molecule has 5 nitrogen and oxygen atoms in total. The Morgan fingerprint density at radius 3 is 2.59 bits per heavy atom. The minimum atomic E-state index is -0.442. The summed E-state index contributed by atoms with van der Waals surface area (Å²) in [6.07, 6.45) is 0. The van der Waals surface area contributed by atoms with Crippen LogP contribution in [0.1, 0.15) is 31.3 Å². The lowest BCUT2D eigenvalue weighted by Gasteiger charge is -2.36. The first-order valence-electron chi connectivity index (χ1n) is 9.12. The zero-order chi connectivity index (χ0) is 20.5. The number of allylic oxidation sites excluding steroid dienone is 1. The van der Waals surface area contributed by atoms with Gasteiger partial charge in [-0.05, 0) is 68.0 Å². The third-order valence-electron chi connectivity index (χ3n) is 4.85. The lowest BCUT2D eigenvalue weighted by Crippen LogP contribution is -2.45. The van der Waals surface area contributed by atoms with Crippen LogP contribution in [0.5, 0.6) is 0 Å². The smallest absolute Gasteiger partial charge is 0.258 e. The summed E-state index contributed by atoms with van der Waals surface area (Å²) in [5.74, 6) is -0.0486. The van der Waals surface area contributed by atoms with Gasteiger partial charge in [-0.25, -0.2) is 8.78 Å². The van der Waals surface area contributed by atoms with Gasteiger partial charge in [0.2, 0.25) is 5.82 Å². The maximum absolute atomic E-state index is 13.9. The van der Waals surface area contributed by atoms with Crippen LogP contribution in [0.4, 0.5) is 8.78 Å². The lowest BCUT2D eigenvalue weighted by molar-refractivity contribution is 0.398. The van der Waals surface area contributed by atoms with Crippen molar-refractivity contribution in [3.8, 4) is 11.4 Å². The van der Waals surface area contributed by atoms with E-state index < -0.39 is 6.04 Å². The zero-order valence-corrected chi connectivity index (χ0v) is 16.6. The summed E-state index contributed by atoms with van der Waals surface area (Å²) in [5.41, 5.74) is 2.89. The number of nitrogens with zero attached hydrogens (tertiary/aromatic N) is 3. The molecule has 29 heavy (non-hydrogen) atoms. The number of hydrogen-bond donors (Lipinski definition) is 1. The topological polar surface area (TPSA) is 54.2 Å². The summed E-state index contributed by atoms with van der Waals surface area (Å²) in [5, 5.41) is 7.84. The van der Waals surface area contributed by atoms with Gasteiger partial charge in [0.1, 0.15) is 11.6 Å². The predicted molar refractivity (Wildman–Crippen MR) is 110 cm³/mol. The van der Waals surface area contributed by atoms with Gasteiger partial charge in [0.05, 0.1) is 11.6 Å². The number of hydrogen-bond acceptors (Lipinski definition) is 4. The van der Waals surface area contributed by atoms with E-state index in [0.29, 0.717) is 40.1 Å². The summed E-state index contributed by atoms with van der Waals surface area (Å²) in [4.78, 5) is 6.43. The summed E-state index contributed by atoms with van der Waals surface area (Å²) >= 11 is 5.49. The summed E-state index contributed by atoms with van der Waals surface area (Å²) in [7, 11) is 0. The van der Waals surface area contributed by atoms with Gasteiger partial charge in [-0.3, -0.25) is 0 Å². The summed E-state index contributed by atoms with van der Waals surface area (Å²) < 4.78 is 32.6. The van der Waals surface area contributed by atoms with E-state index >= 15 is 0 Å². The Kier molecular flexibility index (Phi) is 5.10. The number of nitrogens with one attached hydrogen (secondary N) is 1. The standard InChI is InChI=1S/C21H18F2N4OS/c1-3-27-12(2)17(18(24-21(27)29)14-5-4-6-16(23)11-14)20-25-19(26-28-20)13-7-9-15(22)10-8-13/h4-11,18H,3H2,1-2H3,(H,24,29). The average molecular weight is 412 g/mol. The van der Waals surface area contributed by atoms with Crippen LogP contribution in [0.25, 0.3) is 17.0 Å². The molecule has 1 aliphatic rings. The number of rotatable bonds is 4. The second-order valence-electron chi connectivity index (χ2n) is 6.61. The third kappa shape index (κ3) is 3.63. The van der Waals surface area contributed by atoms with E-state index in [-0.39, 0.29) is 11.6 Å². The van der Waals surface area contributed by atoms with Gasteiger partial charge in [-0.1, -0.05) is 17.3 Å². The minimum absolute atomic E-state index is 0.296. The van der Waals surface area contributed by atoms with Crippen molar-refractivity contribution in [2.45, 2.75) is 19.9 Å². The van der Waals surface area contributed by atoms with Crippen LogP contribution in [0.3, 0.4) is 0 Å². The predicted octanol–water partition coefficient (Wildman–Crippen LogP) is 4.70. The van der Waals surface area contributed by atoms with Crippen LogP contribution in [-0.4, -0.2) is 26.7 Å². The van der Waals surface area contributed by atoms with E-state index in [4.69, 9.17) is 16.7 Å². The Hall–Kier alpha value is -3.13. The first-order valence-corrected chi connectivity index (χ1v) is 9.53. The fourth-order valence-corrected chi connectivity index (χ4v) is 3.81. The van der Waals surface area contributed by atoms with Gasteiger partial charge in [-0.15, -0.1) is 0 Å². The molecule has 0 saturated carbocycles. The monoisotopic (exact) mass is 412 g/mol. The molecule has 1 unspecified atom stereocenters. The molecule has 0 spiro atoms. The highest BCUT2D eigenvalue weighted by Crippen LogP contribution is 2.37. The van der Waals surface area contributed by atoms with Crippen molar-refractivity contribution in [3.63, 3.8) is 0 Å². The molecule has 1 aliphatic heterocycles.